The Bertz CT molecular complexity index is 174. The van der Waals surface area contributed by atoms with Gasteiger partial charge in [-0.15, -0.1) is 0 Å². The van der Waals surface area contributed by atoms with Crippen molar-refractivity contribution in [1.29, 1.82) is 0 Å². The third kappa shape index (κ3) is 5.05. The van der Waals surface area contributed by atoms with Crippen molar-refractivity contribution in [3.8, 4) is 11.5 Å². The van der Waals surface area contributed by atoms with Crippen LogP contribution >= 0.6 is 0 Å². The standard InChI is InChI=1S/C6H6O2.2Ca.4H/c7-5-2-1-3-6(8)4-5;;;;;;/h1-4,7-8H;;;;;;. The zero-order valence-electron chi connectivity index (χ0n) is 4.20. The monoisotopic (exact) mass is 194 g/mol. The van der Waals surface area contributed by atoms with Gasteiger partial charge in [0.1, 0.15) is 11.5 Å². The Morgan fingerprint density at radius 2 is 1.30 bits per heavy atom. The maximum atomic E-state index is 8.65. The summed E-state index contributed by atoms with van der Waals surface area (Å²) in [5.74, 6) is 0.176. The summed E-state index contributed by atoms with van der Waals surface area (Å²) in [6, 6.07) is 5.85. The number of rotatable bonds is 0. The molecule has 0 fully saturated rings. The molecule has 2 nitrogen and oxygen atoms in total. The Balaban J connectivity index is 0. The van der Waals surface area contributed by atoms with Crippen LogP contribution in [-0.2, 0) is 0 Å². The topological polar surface area (TPSA) is 40.5 Å². The van der Waals surface area contributed by atoms with Crippen LogP contribution in [0, 0.1) is 0 Å². The van der Waals surface area contributed by atoms with Crippen LogP contribution < -0.4 is 0 Å². The van der Waals surface area contributed by atoms with E-state index < -0.39 is 0 Å². The van der Waals surface area contributed by atoms with E-state index in [0.717, 1.165) is 0 Å². The van der Waals surface area contributed by atoms with E-state index in [-0.39, 0.29) is 87.0 Å². The molecule has 0 heterocycles. The average molecular weight is 194 g/mol. The van der Waals surface area contributed by atoms with Gasteiger partial charge in [-0.2, -0.15) is 0 Å². The quantitative estimate of drug-likeness (QED) is 0.534. The molecule has 0 spiro atoms. The van der Waals surface area contributed by atoms with Gasteiger partial charge in [0.25, 0.3) is 0 Å². The Morgan fingerprint density at radius 3 is 1.50 bits per heavy atom. The summed E-state index contributed by atoms with van der Waals surface area (Å²) >= 11 is 0. The van der Waals surface area contributed by atoms with Crippen LogP contribution in [0.4, 0.5) is 0 Å². The zero-order valence-corrected chi connectivity index (χ0v) is 4.20. The van der Waals surface area contributed by atoms with E-state index in [2.05, 4.69) is 0 Å². The maximum absolute atomic E-state index is 8.65. The predicted molar refractivity (Wildman–Crippen MR) is 46.9 cm³/mol. The molecule has 1 aromatic rings. The fraction of sp³-hybridized carbons (Fsp3) is 0. The van der Waals surface area contributed by atoms with Gasteiger partial charge >= 0.3 is 75.5 Å². The van der Waals surface area contributed by atoms with Gasteiger partial charge in [0.05, 0.1) is 0 Å². The molecule has 0 unspecified atom stereocenters. The first-order chi connectivity index (χ1) is 3.79. The molecule has 0 saturated carbocycles. The molecule has 0 amide bonds. The van der Waals surface area contributed by atoms with E-state index >= 15 is 0 Å². The zero-order chi connectivity index (χ0) is 5.98. The minimum atomic E-state index is 0. The number of hydrogen-bond donors (Lipinski definition) is 2. The van der Waals surface area contributed by atoms with E-state index in [4.69, 9.17) is 10.2 Å². The van der Waals surface area contributed by atoms with Gasteiger partial charge < -0.3 is 10.2 Å². The molecule has 0 aliphatic heterocycles. The molecular weight excluding hydrogens is 184 g/mol. The van der Waals surface area contributed by atoms with Gasteiger partial charge in [-0.25, -0.2) is 0 Å². The summed E-state index contributed by atoms with van der Waals surface area (Å²) < 4.78 is 0. The third-order valence-electron chi connectivity index (χ3n) is 0.830. The van der Waals surface area contributed by atoms with E-state index in [1.807, 2.05) is 0 Å². The van der Waals surface area contributed by atoms with Crippen molar-refractivity contribution in [2.24, 2.45) is 0 Å². The van der Waals surface area contributed by atoms with Gasteiger partial charge in [0, 0.05) is 6.07 Å². The molecule has 0 bridgehead atoms. The van der Waals surface area contributed by atoms with Crippen molar-refractivity contribution in [2.75, 3.05) is 0 Å². The van der Waals surface area contributed by atoms with E-state index in [1.54, 1.807) is 6.07 Å². The van der Waals surface area contributed by atoms with Crippen molar-refractivity contribution >= 4 is 75.5 Å². The average Bonchev–Trinajstić information content (AvgIpc) is 1.64. The van der Waals surface area contributed by atoms with Crippen LogP contribution in [0.3, 0.4) is 0 Å². The molecule has 10 heavy (non-hydrogen) atoms. The van der Waals surface area contributed by atoms with E-state index in [0.29, 0.717) is 0 Å². The Hall–Kier alpha value is 1.34. The molecule has 0 aliphatic rings. The molecule has 0 saturated heterocycles. The fourth-order valence-corrected chi connectivity index (χ4v) is 0.493. The van der Waals surface area contributed by atoms with Crippen LogP contribution in [0.15, 0.2) is 24.3 Å². The number of aromatic hydroxyl groups is 2. The molecule has 0 radical (unpaired) electrons. The van der Waals surface area contributed by atoms with Crippen molar-refractivity contribution in [3.63, 3.8) is 0 Å². The molecule has 1 rings (SSSR count). The van der Waals surface area contributed by atoms with Crippen LogP contribution in [0.1, 0.15) is 0 Å². The van der Waals surface area contributed by atoms with Gasteiger partial charge in [0.15, 0.2) is 0 Å². The van der Waals surface area contributed by atoms with Crippen molar-refractivity contribution in [2.45, 2.75) is 0 Å². The second-order valence-corrected chi connectivity index (χ2v) is 1.52. The minimum absolute atomic E-state index is 0. The summed E-state index contributed by atoms with van der Waals surface area (Å²) in [5.41, 5.74) is 0. The Kier molecular flexibility index (Phi) is 9.75. The molecule has 2 N–H and O–H groups in total. The van der Waals surface area contributed by atoms with Crippen molar-refractivity contribution < 1.29 is 10.2 Å². The van der Waals surface area contributed by atoms with Crippen LogP contribution in [0.25, 0.3) is 0 Å². The Morgan fingerprint density at radius 1 is 0.900 bits per heavy atom. The summed E-state index contributed by atoms with van der Waals surface area (Å²) in [7, 11) is 0. The molecular formula is C6H10Ca2O2. The molecule has 50 valence electrons. The van der Waals surface area contributed by atoms with Gasteiger partial charge in [-0.1, -0.05) is 6.07 Å². The van der Waals surface area contributed by atoms with Crippen LogP contribution in [0.2, 0.25) is 0 Å². The first-order valence-electron chi connectivity index (χ1n) is 2.27. The fourth-order valence-electron chi connectivity index (χ4n) is 0.493. The second-order valence-electron chi connectivity index (χ2n) is 1.52. The number of phenolic OH excluding ortho intramolecular Hbond substituents is 2. The van der Waals surface area contributed by atoms with Gasteiger partial charge in [0.2, 0.25) is 0 Å². The summed E-state index contributed by atoms with van der Waals surface area (Å²) in [5, 5.41) is 17.3. The Labute approximate surface area is 119 Å². The number of benzene rings is 1. The first-order valence-corrected chi connectivity index (χ1v) is 2.27. The number of phenols is 2. The number of hydrogen-bond acceptors (Lipinski definition) is 2. The normalized spacial score (nSPS) is 7.20. The van der Waals surface area contributed by atoms with Crippen molar-refractivity contribution in [3.05, 3.63) is 24.3 Å². The van der Waals surface area contributed by atoms with Gasteiger partial charge in [-0.3, -0.25) is 0 Å². The van der Waals surface area contributed by atoms with E-state index in [1.165, 1.54) is 18.2 Å². The summed E-state index contributed by atoms with van der Waals surface area (Å²) in [6.07, 6.45) is 0. The van der Waals surface area contributed by atoms with Gasteiger partial charge in [-0.05, 0) is 12.1 Å². The van der Waals surface area contributed by atoms with E-state index in [9.17, 15) is 0 Å². The molecule has 0 aromatic heterocycles. The van der Waals surface area contributed by atoms with Crippen LogP contribution in [0.5, 0.6) is 11.5 Å². The molecule has 4 heteroatoms. The van der Waals surface area contributed by atoms with Crippen LogP contribution in [-0.4, -0.2) is 85.7 Å². The molecule has 0 atom stereocenters. The summed E-state index contributed by atoms with van der Waals surface area (Å²) in [6.45, 7) is 0. The first kappa shape index (κ1) is 13.9. The molecule has 1 aromatic carbocycles. The summed E-state index contributed by atoms with van der Waals surface area (Å²) in [4.78, 5) is 0. The SMILES string of the molecule is Oc1cccc(O)c1.[CaH2].[CaH2]. The predicted octanol–water partition coefficient (Wildman–Crippen LogP) is -0.735. The van der Waals surface area contributed by atoms with Crippen molar-refractivity contribution in [1.82, 2.24) is 0 Å². The third-order valence-corrected chi connectivity index (χ3v) is 0.830. The second kappa shape index (κ2) is 7.01. The molecule has 0 aliphatic carbocycles.